The Kier molecular flexibility index (Phi) is 5.55. The van der Waals surface area contributed by atoms with E-state index >= 15 is 0 Å². The summed E-state index contributed by atoms with van der Waals surface area (Å²) >= 11 is 0. The van der Waals surface area contributed by atoms with Crippen LogP contribution >= 0.6 is 0 Å². The summed E-state index contributed by atoms with van der Waals surface area (Å²) < 4.78 is 0. The first-order chi connectivity index (χ1) is 10.2. The Bertz CT molecular complexity index is 514. The summed E-state index contributed by atoms with van der Waals surface area (Å²) in [6.45, 7) is 16.3. The molecule has 23 heavy (non-hydrogen) atoms. The number of carbonyl (C=O) groups excluding carboxylic acids is 1. The zero-order valence-electron chi connectivity index (χ0n) is 15.8. The van der Waals surface area contributed by atoms with Gasteiger partial charge in [-0.1, -0.05) is 61.5 Å². The minimum atomic E-state index is -1.96. The smallest absolute Gasteiger partial charge is 0.250 e. The maximum absolute atomic E-state index is 12.5. The third-order valence-corrected chi connectivity index (χ3v) is 4.15. The molecule has 1 aliphatic rings. The van der Waals surface area contributed by atoms with Crippen LogP contribution in [0.2, 0.25) is 0 Å². The van der Waals surface area contributed by atoms with Crippen LogP contribution in [0.3, 0.4) is 0 Å². The summed E-state index contributed by atoms with van der Waals surface area (Å²) in [5.41, 5.74) is 0.138. The van der Waals surface area contributed by atoms with Crippen LogP contribution in [-0.4, -0.2) is 28.5 Å². The molecule has 1 amide bonds. The van der Waals surface area contributed by atoms with E-state index in [1.54, 1.807) is 12.2 Å². The highest BCUT2D eigenvalue weighted by Gasteiger charge is 2.49. The fourth-order valence-corrected chi connectivity index (χ4v) is 2.94. The van der Waals surface area contributed by atoms with Gasteiger partial charge in [0.05, 0.1) is 0 Å². The monoisotopic (exact) mass is 323 g/mol. The Morgan fingerprint density at radius 2 is 1.74 bits per heavy atom. The number of hydrogen-bond acceptors (Lipinski definition) is 3. The molecule has 0 aromatic heterocycles. The molecular weight excluding hydrogens is 290 g/mol. The molecule has 0 bridgehead atoms. The maximum Gasteiger partial charge on any atom is 0.250 e. The van der Waals surface area contributed by atoms with Crippen molar-refractivity contribution in [3.05, 3.63) is 23.3 Å². The lowest BCUT2D eigenvalue weighted by Crippen LogP contribution is -2.50. The summed E-state index contributed by atoms with van der Waals surface area (Å²) in [5, 5.41) is 24.5. The second-order valence-electron chi connectivity index (χ2n) is 9.10. The molecule has 0 aromatic rings. The number of rotatable bonds is 3. The minimum Gasteiger partial charge on any atom is -0.362 e. The molecule has 1 atom stereocenters. The van der Waals surface area contributed by atoms with E-state index in [0.29, 0.717) is 23.6 Å². The Morgan fingerprint density at radius 3 is 2.13 bits per heavy atom. The SMILES string of the molecule is CC(C)CNC(=O)C1=CC(C(C)(C)C)C(O)(O)C(C(C)(C)C)=C1. The number of nitrogens with one attached hydrogen (secondary N) is 1. The molecule has 1 aliphatic carbocycles. The molecule has 4 heteroatoms. The minimum absolute atomic E-state index is 0.162. The molecule has 0 spiro atoms. The topological polar surface area (TPSA) is 69.6 Å². The van der Waals surface area contributed by atoms with E-state index in [1.165, 1.54) is 0 Å². The predicted octanol–water partition coefficient (Wildman–Crippen LogP) is 3.01. The molecule has 0 aliphatic heterocycles. The highest BCUT2D eigenvalue weighted by atomic mass is 16.5. The van der Waals surface area contributed by atoms with Crippen LogP contribution in [0.5, 0.6) is 0 Å². The van der Waals surface area contributed by atoms with Gasteiger partial charge in [-0.3, -0.25) is 4.79 Å². The number of hydrogen-bond donors (Lipinski definition) is 3. The normalized spacial score (nSPS) is 21.8. The number of carbonyl (C=O) groups is 1. The van der Waals surface area contributed by atoms with Crippen molar-refractivity contribution in [3.8, 4) is 0 Å². The molecule has 0 radical (unpaired) electrons. The largest absolute Gasteiger partial charge is 0.362 e. The van der Waals surface area contributed by atoms with E-state index in [2.05, 4.69) is 5.32 Å². The third-order valence-electron chi connectivity index (χ3n) is 4.15. The average Bonchev–Trinajstić information content (AvgIpc) is 2.32. The van der Waals surface area contributed by atoms with Crippen molar-refractivity contribution in [2.75, 3.05) is 6.54 Å². The van der Waals surface area contributed by atoms with Crippen LogP contribution in [0.15, 0.2) is 23.3 Å². The van der Waals surface area contributed by atoms with Crippen LogP contribution in [0.25, 0.3) is 0 Å². The Labute approximate surface area is 140 Å². The third kappa shape index (κ3) is 4.67. The van der Waals surface area contributed by atoms with Gasteiger partial charge < -0.3 is 15.5 Å². The molecule has 0 saturated heterocycles. The predicted molar refractivity (Wildman–Crippen MR) is 93.6 cm³/mol. The fourth-order valence-electron chi connectivity index (χ4n) is 2.94. The lowest BCUT2D eigenvalue weighted by molar-refractivity contribution is -0.188. The lowest BCUT2D eigenvalue weighted by Gasteiger charge is -2.45. The molecule has 4 nitrogen and oxygen atoms in total. The van der Waals surface area contributed by atoms with Crippen molar-refractivity contribution >= 4 is 5.91 Å². The summed E-state index contributed by atoms with van der Waals surface area (Å²) in [7, 11) is 0. The Hall–Kier alpha value is -1.13. The van der Waals surface area contributed by atoms with E-state index in [4.69, 9.17) is 0 Å². The second-order valence-corrected chi connectivity index (χ2v) is 9.10. The van der Waals surface area contributed by atoms with Crippen LogP contribution in [0, 0.1) is 22.7 Å². The van der Waals surface area contributed by atoms with Crippen molar-refractivity contribution in [2.24, 2.45) is 22.7 Å². The van der Waals surface area contributed by atoms with Gasteiger partial charge in [-0.25, -0.2) is 0 Å². The highest BCUT2D eigenvalue weighted by Crippen LogP contribution is 2.47. The zero-order chi connectivity index (χ0) is 18.2. The van der Waals surface area contributed by atoms with Gasteiger partial charge in [-0.2, -0.15) is 0 Å². The van der Waals surface area contributed by atoms with Gasteiger partial charge >= 0.3 is 0 Å². The van der Waals surface area contributed by atoms with Gasteiger partial charge in [0.25, 0.3) is 5.91 Å². The molecular formula is C19H33NO3. The Morgan fingerprint density at radius 1 is 1.22 bits per heavy atom. The highest BCUT2D eigenvalue weighted by molar-refractivity contribution is 5.96. The molecule has 3 N–H and O–H groups in total. The van der Waals surface area contributed by atoms with E-state index < -0.39 is 22.5 Å². The first-order valence-corrected chi connectivity index (χ1v) is 8.34. The van der Waals surface area contributed by atoms with E-state index in [-0.39, 0.29) is 5.91 Å². The Balaban J connectivity index is 3.31. The molecule has 132 valence electrons. The second kappa shape index (κ2) is 6.40. The van der Waals surface area contributed by atoms with Crippen LogP contribution in [0.1, 0.15) is 55.4 Å². The summed E-state index contributed by atoms with van der Waals surface area (Å²) in [4.78, 5) is 12.5. The molecule has 0 aromatic carbocycles. The zero-order valence-corrected chi connectivity index (χ0v) is 15.8. The molecule has 0 fully saturated rings. The number of aliphatic hydroxyl groups is 2. The van der Waals surface area contributed by atoms with Crippen LogP contribution in [-0.2, 0) is 4.79 Å². The van der Waals surface area contributed by atoms with E-state index in [1.807, 2.05) is 55.4 Å². The molecule has 0 heterocycles. The van der Waals surface area contributed by atoms with Crippen LogP contribution < -0.4 is 5.32 Å². The van der Waals surface area contributed by atoms with E-state index in [9.17, 15) is 15.0 Å². The lowest BCUT2D eigenvalue weighted by atomic mass is 9.65. The van der Waals surface area contributed by atoms with Gasteiger partial charge in [-0.15, -0.1) is 0 Å². The van der Waals surface area contributed by atoms with Gasteiger partial charge in [0.15, 0.2) is 5.79 Å². The average molecular weight is 323 g/mol. The molecule has 0 saturated carbocycles. The van der Waals surface area contributed by atoms with Crippen LogP contribution in [0.4, 0.5) is 0 Å². The molecule has 1 unspecified atom stereocenters. The van der Waals surface area contributed by atoms with Gasteiger partial charge in [0, 0.05) is 18.0 Å². The van der Waals surface area contributed by atoms with Gasteiger partial charge in [-0.05, 0) is 28.4 Å². The summed E-state index contributed by atoms with van der Waals surface area (Å²) in [5.74, 6) is -2.32. The van der Waals surface area contributed by atoms with Crippen molar-refractivity contribution in [1.29, 1.82) is 0 Å². The van der Waals surface area contributed by atoms with E-state index in [0.717, 1.165) is 0 Å². The summed E-state index contributed by atoms with van der Waals surface area (Å²) in [6.07, 6.45) is 3.34. The number of amides is 1. The van der Waals surface area contributed by atoms with Crippen molar-refractivity contribution < 1.29 is 15.0 Å². The molecule has 1 rings (SSSR count). The fraction of sp³-hybridized carbons (Fsp3) is 0.737. The standard InChI is InChI=1S/C19H33NO3/c1-12(2)11-20-16(21)13-9-14(17(3,4)5)19(22,23)15(10-13)18(6,7)8/h9-10,12,14,22-23H,11H2,1-8H3,(H,20,21). The van der Waals surface area contributed by atoms with Crippen molar-refractivity contribution in [3.63, 3.8) is 0 Å². The van der Waals surface area contributed by atoms with Gasteiger partial charge in [0.2, 0.25) is 0 Å². The summed E-state index contributed by atoms with van der Waals surface area (Å²) in [6, 6.07) is 0. The first kappa shape index (κ1) is 19.9. The van der Waals surface area contributed by atoms with Crippen molar-refractivity contribution in [2.45, 2.75) is 61.2 Å². The first-order valence-electron chi connectivity index (χ1n) is 8.34. The quantitative estimate of drug-likeness (QED) is 0.699. The van der Waals surface area contributed by atoms with Gasteiger partial charge in [0.1, 0.15) is 0 Å². The maximum atomic E-state index is 12.5. The van der Waals surface area contributed by atoms with Crippen molar-refractivity contribution in [1.82, 2.24) is 5.32 Å².